The normalized spacial score (nSPS) is 19.0. The number of anilines is 2. The molecule has 0 fully saturated rings. The van der Waals surface area contributed by atoms with Gasteiger partial charge in [-0.25, -0.2) is 0 Å². The van der Waals surface area contributed by atoms with Crippen molar-refractivity contribution in [2.45, 2.75) is 31.4 Å². The van der Waals surface area contributed by atoms with E-state index in [1.165, 1.54) is 47.7 Å². The van der Waals surface area contributed by atoms with Crippen LogP contribution in [0.2, 0.25) is 0 Å². The number of rotatable bonds is 7. The van der Waals surface area contributed by atoms with Crippen LogP contribution < -0.4 is 5.32 Å². The van der Waals surface area contributed by atoms with Gasteiger partial charge in [0.1, 0.15) is 7.85 Å². The lowest BCUT2D eigenvalue weighted by Gasteiger charge is -2.22. The van der Waals surface area contributed by atoms with Gasteiger partial charge in [-0.3, -0.25) is 0 Å². The minimum absolute atomic E-state index is 0.559. The van der Waals surface area contributed by atoms with Gasteiger partial charge in [-0.05, 0) is 70.5 Å². The molecule has 0 spiro atoms. The van der Waals surface area contributed by atoms with Crippen molar-refractivity contribution >= 4 is 58.0 Å². The van der Waals surface area contributed by atoms with E-state index in [4.69, 9.17) is 0 Å². The van der Waals surface area contributed by atoms with Crippen LogP contribution in [0.15, 0.2) is 107 Å². The highest BCUT2D eigenvalue weighted by molar-refractivity contribution is 8.05. The minimum Gasteiger partial charge on any atom is -0.354 e. The Bertz CT molecular complexity index is 1500. The van der Waals surface area contributed by atoms with Gasteiger partial charge in [0.05, 0.1) is 5.69 Å². The number of thiophene rings is 1. The summed E-state index contributed by atoms with van der Waals surface area (Å²) in [4.78, 5) is 2.91. The molecule has 2 aliphatic rings. The Morgan fingerprint density at radius 3 is 2.56 bits per heavy atom. The third-order valence-electron chi connectivity index (χ3n) is 7.27. The molecule has 4 aromatic rings. The molecular weight excluding hydrogens is 473 g/mol. The first-order valence-electron chi connectivity index (χ1n) is 12.9. The second-order valence-corrected chi connectivity index (χ2v) is 12.2. The van der Waals surface area contributed by atoms with Crippen LogP contribution >= 0.6 is 23.1 Å². The molecule has 1 aromatic heterocycles. The van der Waals surface area contributed by atoms with Gasteiger partial charge in [0, 0.05) is 25.9 Å². The first kappa shape index (κ1) is 23.5. The number of hydrogen-bond acceptors (Lipinski definition) is 3. The Morgan fingerprint density at radius 1 is 0.889 bits per heavy atom. The van der Waals surface area contributed by atoms with Gasteiger partial charge in [-0.15, -0.1) is 23.1 Å². The lowest BCUT2D eigenvalue weighted by molar-refractivity contribution is 0.741. The molecule has 2 atom stereocenters. The second-order valence-electron chi connectivity index (χ2n) is 9.73. The first-order chi connectivity index (χ1) is 17.7. The summed E-state index contributed by atoms with van der Waals surface area (Å²) in [5.74, 6) is 0.582. The van der Waals surface area contributed by atoms with Gasteiger partial charge >= 0.3 is 0 Å². The zero-order valence-electron chi connectivity index (χ0n) is 20.8. The molecule has 36 heavy (non-hydrogen) atoms. The third kappa shape index (κ3) is 4.49. The summed E-state index contributed by atoms with van der Waals surface area (Å²) in [6.07, 6.45) is 10.2. The van der Waals surface area contributed by atoms with Crippen molar-refractivity contribution in [1.29, 1.82) is 0 Å². The summed E-state index contributed by atoms with van der Waals surface area (Å²) in [5, 5.41) is 5.61. The van der Waals surface area contributed by atoms with E-state index in [2.05, 4.69) is 117 Å². The highest BCUT2D eigenvalue weighted by Crippen LogP contribution is 2.50. The van der Waals surface area contributed by atoms with Crippen LogP contribution in [-0.2, 0) is 12.8 Å². The van der Waals surface area contributed by atoms with Crippen molar-refractivity contribution in [2.24, 2.45) is 5.92 Å². The van der Waals surface area contributed by atoms with Crippen LogP contribution in [0, 0.1) is 5.92 Å². The molecule has 0 saturated heterocycles. The van der Waals surface area contributed by atoms with Crippen LogP contribution in [0.25, 0.3) is 15.7 Å². The van der Waals surface area contributed by atoms with E-state index in [-0.39, 0.29) is 0 Å². The Kier molecular flexibility index (Phi) is 6.64. The Hall–Kier alpha value is -2.95. The van der Waals surface area contributed by atoms with Crippen molar-refractivity contribution < 1.29 is 0 Å². The van der Waals surface area contributed by atoms with Gasteiger partial charge in [0.2, 0.25) is 0 Å². The summed E-state index contributed by atoms with van der Waals surface area (Å²) in [5.41, 5.74) is 8.31. The van der Waals surface area contributed by atoms with Gasteiger partial charge in [0.15, 0.2) is 0 Å². The number of allylic oxidation sites excluding steroid dienone is 4. The number of benzene rings is 3. The Balaban J connectivity index is 1.25. The standard InChI is InChI=1S/C32H30BNS2/c1-21-11-9-18-26-29(32(33)36-31(21)26)24-16-6-5-12-22(24)13-10-20-28-30(34-23-14-3-2-4-15-23)25-17-7-8-19-27(25)35-28/h2-9,11-12,14-19,21,31,34H,10,13,20,33H2,1H3. The van der Waals surface area contributed by atoms with E-state index in [1.807, 2.05) is 23.1 Å². The summed E-state index contributed by atoms with van der Waals surface area (Å²) >= 11 is 3.98. The predicted octanol–water partition coefficient (Wildman–Crippen LogP) is 8.37. The monoisotopic (exact) mass is 503 g/mol. The van der Waals surface area contributed by atoms with Crippen LogP contribution in [0.5, 0.6) is 0 Å². The molecule has 0 amide bonds. The highest BCUT2D eigenvalue weighted by atomic mass is 32.2. The SMILES string of the molecule is BC1=C(c2ccccc2CCCc2sc3ccccc3c2Nc2ccccc2)C2=CC=CC(C)C2S1. The van der Waals surface area contributed by atoms with Crippen LogP contribution in [0.3, 0.4) is 0 Å². The fourth-order valence-corrected chi connectivity index (χ4v) is 8.06. The van der Waals surface area contributed by atoms with Crippen molar-refractivity contribution in [2.75, 3.05) is 5.32 Å². The molecule has 0 saturated carbocycles. The van der Waals surface area contributed by atoms with Crippen molar-refractivity contribution in [3.05, 3.63) is 123 Å². The van der Waals surface area contributed by atoms with Gasteiger partial charge in [0.25, 0.3) is 0 Å². The maximum Gasteiger partial charge on any atom is 0.148 e. The zero-order valence-corrected chi connectivity index (χ0v) is 22.5. The van der Waals surface area contributed by atoms with Crippen molar-refractivity contribution in [3.8, 4) is 0 Å². The van der Waals surface area contributed by atoms with E-state index in [0.717, 1.165) is 24.9 Å². The molecule has 1 aliphatic heterocycles. The molecular formula is C32H30BNS2. The predicted molar refractivity (Wildman–Crippen MR) is 163 cm³/mol. The summed E-state index contributed by atoms with van der Waals surface area (Å²) in [7, 11) is 2.31. The summed E-state index contributed by atoms with van der Waals surface area (Å²) < 4.78 is 1.35. The Morgan fingerprint density at radius 2 is 1.67 bits per heavy atom. The van der Waals surface area contributed by atoms with E-state index in [0.29, 0.717) is 11.2 Å². The van der Waals surface area contributed by atoms with Crippen molar-refractivity contribution in [3.63, 3.8) is 0 Å². The van der Waals surface area contributed by atoms with Gasteiger partial charge < -0.3 is 5.32 Å². The minimum atomic E-state index is 0.559. The molecule has 178 valence electrons. The molecule has 4 heteroatoms. The highest BCUT2D eigenvalue weighted by Gasteiger charge is 2.33. The second kappa shape index (κ2) is 10.2. The number of aryl methyl sites for hydroxylation is 2. The first-order valence-corrected chi connectivity index (χ1v) is 14.6. The zero-order chi connectivity index (χ0) is 24.5. The maximum atomic E-state index is 3.73. The molecule has 3 aromatic carbocycles. The summed E-state index contributed by atoms with van der Waals surface area (Å²) in [6, 6.07) is 28.4. The molecule has 2 heterocycles. The van der Waals surface area contributed by atoms with E-state index < -0.39 is 0 Å². The molecule has 6 rings (SSSR count). The van der Waals surface area contributed by atoms with E-state index in [9.17, 15) is 0 Å². The Labute approximate surface area is 223 Å². The van der Waals surface area contributed by atoms with E-state index >= 15 is 0 Å². The number of para-hydroxylation sites is 1. The molecule has 0 bridgehead atoms. The average Bonchev–Trinajstić information content (AvgIpc) is 3.43. The van der Waals surface area contributed by atoms with E-state index in [1.54, 1.807) is 0 Å². The fourth-order valence-electron chi connectivity index (χ4n) is 5.50. The maximum absolute atomic E-state index is 3.73. The molecule has 2 unspecified atom stereocenters. The fraction of sp³-hybridized carbons (Fsp3) is 0.188. The van der Waals surface area contributed by atoms with Crippen LogP contribution in [-0.4, -0.2) is 13.1 Å². The number of nitrogens with one attached hydrogen (secondary N) is 1. The van der Waals surface area contributed by atoms with Crippen molar-refractivity contribution in [1.82, 2.24) is 0 Å². The molecule has 0 radical (unpaired) electrons. The third-order valence-corrected chi connectivity index (χ3v) is 9.99. The number of thioether (sulfide) groups is 1. The van der Waals surface area contributed by atoms with Gasteiger partial charge in [-0.2, -0.15) is 0 Å². The molecule has 1 aliphatic carbocycles. The lowest BCUT2D eigenvalue weighted by Crippen LogP contribution is -2.15. The molecule has 1 nitrogen and oxygen atoms in total. The summed E-state index contributed by atoms with van der Waals surface area (Å²) in [6.45, 7) is 2.34. The average molecular weight is 504 g/mol. The molecule has 1 N–H and O–H groups in total. The smallest absolute Gasteiger partial charge is 0.148 e. The van der Waals surface area contributed by atoms with Gasteiger partial charge in [-0.1, -0.05) is 85.8 Å². The number of fused-ring (bicyclic) bond motifs is 2. The quantitative estimate of drug-likeness (QED) is 0.254. The topological polar surface area (TPSA) is 12.0 Å². The van der Waals surface area contributed by atoms with Crippen LogP contribution in [0.1, 0.15) is 29.3 Å². The number of hydrogen-bond donors (Lipinski definition) is 1. The van der Waals surface area contributed by atoms with Crippen LogP contribution in [0.4, 0.5) is 11.4 Å². The lowest BCUT2D eigenvalue weighted by atomic mass is 9.82. The largest absolute Gasteiger partial charge is 0.354 e.